The predicted molar refractivity (Wildman–Crippen MR) is 97.5 cm³/mol. The molecule has 1 saturated heterocycles. The van der Waals surface area contributed by atoms with Crippen LogP contribution in [0, 0.1) is 12.8 Å². The molecule has 2 aromatic rings. The highest BCUT2D eigenvalue weighted by molar-refractivity contribution is 6.03. The van der Waals surface area contributed by atoms with Crippen LogP contribution < -0.4 is 0 Å². The van der Waals surface area contributed by atoms with Gasteiger partial charge in [-0.3, -0.25) is 4.90 Å². The number of hydrogen-bond donors (Lipinski definition) is 0. The van der Waals surface area contributed by atoms with E-state index < -0.39 is 0 Å². The van der Waals surface area contributed by atoms with Gasteiger partial charge >= 0.3 is 0 Å². The molecule has 1 aromatic carbocycles. The lowest BCUT2D eigenvalue weighted by Gasteiger charge is -2.16. The fourth-order valence-electron chi connectivity index (χ4n) is 3.62. The largest absolute Gasteiger partial charge is 0.390 e. The summed E-state index contributed by atoms with van der Waals surface area (Å²) < 4.78 is 0. The van der Waals surface area contributed by atoms with Crippen LogP contribution in [0.2, 0.25) is 0 Å². The summed E-state index contributed by atoms with van der Waals surface area (Å²) in [5.41, 5.74) is 4.67. The van der Waals surface area contributed by atoms with Crippen molar-refractivity contribution in [2.45, 2.75) is 39.3 Å². The first-order chi connectivity index (χ1) is 12.1. The Hall–Kier alpha value is -2.27. The molecule has 5 heteroatoms. The third-order valence-electron chi connectivity index (χ3n) is 4.94. The lowest BCUT2D eigenvalue weighted by molar-refractivity contribution is 0.0745. The van der Waals surface area contributed by atoms with Crippen molar-refractivity contribution in [2.75, 3.05) is 13.1 Å². The molecule has 1 aromatic heterocycles. The van der Waals surface area contributed by atoms with Crippen molar-refractivity contribution in [2.24, 2.45) is 11.1 Å². The van der Waals surface area contributed by atoms with Gasteiger partial charge < -0.3 is 4.84 Å². The average Bonchev–Trinajstić information content (AvgIpc) is 3.15. The number of nitrogens with zero attached hydrogens (tertiary/aromatic N) is 4. The fraction of sp³-hybridized carbons (Fsp3) is 0.450. The van der Waals surface area contributed by atoms with E-state index in [1.165, 1.54) is 11.1 Å². The van der Waals surface area contributed by atoms with Gasteiger partial charge in [-0.2, -0.15) is 0 Å². The zero-order valence-electron chi connectivity index (χ0n) is 15.0. The molecule has 0 amide bonds. The summed E-state index contributed by atoms with van der Waals surface area (Å²) in [4.78, 5) is 17.1. The normalized spacial score (nSPS) is 22.8. The molecule has 0 bridgehead atoms. The molecule has 2 aliphatic heterocycles. The van der Waals surface area contributed by atoms with Crippen LogP contribution in [-0.2, 0) is 11.4 Å². The minimum Gasteiger partial charge on any atom is -0.390 e. The highest BCUT2D eigenvalue weighted by Gasteiger charge is 2.42. The van der Waals surface area contributed by atoms with Crippen LogP contribution in [0.1, 0.15) is 42.3 Å². The van der Waals surface area contributed by atoms with E-state index in [1.54, 1.807) is 0 Å². The van der Waals surface area contributed by atoms with E-state index in [9.17, 15) is 0 Å². The molecule has 0 N–H and O–H groups in total. The number of aryl methyl sites for hydroxylation is 1. The molecule has 3 heterocycles. The van der Waals surface area contributed by atoms with E-state index in [0.717, 1.165) is 36.7 Å². The van der Waals surface area contributed by atoms with E-state index in [0.29, 0.717) is 11.8 Å². The van der Waals surface area contributed by atoms with Gasteiger partial charge in [0.05, 0.1) is 11.6 Å². The lowest BCUT2D eigenvalue weighted by Crippen LogP contribution is -2.23. The second kappa shape index (κ2) is 6.56. The van der Waals surface area contributed by atoms with Gasteiger partial charge in [0.15, 0.2) is 0 Å². The molecule has 4 rings (SSSR count). The Labute approximate surface area is 148 Å². The van der Waals surface area contributed by atoms with Crippen LogP contribution in [0.4, 0.5) is 0 Å². The first-order valence-corrected chi connectivity index (χ1v) is 8.94. The first kappa shape index (κ1) is 16.2. The number of rotatable bonds is 4. The monoisotopic (exact) mass is 336 g/mol. The lowest BCUT2D eigenvalue weighted by atomic mass is 9.94. The summed E-state index contributed by atoms with van der Waals surface area (Å²) in [5.74, 6) is 1.61. The summed E-state index contributed by atoms with van der Waals surface area (Å²) in [6.45, 7) is 9.05. The quantitative estimate of drug-likeness (QED) is 0.861. The summed E-state index contributed by atoms with van der Waals surface area (Å²) in [7, 11) is 0. The molecule has 25 heavy (non-hydrogen) atoms. The molecule has 0 unspecified atom stereocenters. The van der Waals surface area contributed by atoms with Crippen LogP contribution in [0.3, 0.4) is 0 Å². The average molecular weight is 336 g/mol. The smallest absolute Gasteiger partial charge is 0.149 e. The predicted octanol–water partition coefficient (Wildman–Crippen LogP) is 3.14. The van der Waals surface area contributed by atoms with Gasteiger partial charge in [0.2, 0.25) is 0 Å². The van der Waals surface area contributed by atoms with Crippen LogP contribution in [0.5, 0.6) is 0 Å². The van der Waals surface area contributed by atoms with Crippen LogP contribution in [-0.4, -0.2) is 39.8 Å². The van der Waals surface area contributed by atoms with Crippen molar-refractivity contribution in [3.8, 4) is 0 Å². The van der Waals surface area contributed by atoms with Crippen molar-refractivity contribution >= 4 is 5.71 Å². The first-order valence-electron chi connectivity index (χ1n) is 8.94. The molecular formula is C20H24N4O. The van der Waals surface area contributed by atoms with E-state index in [-0.39, 0.29) is 6.10 Å². The van der Waals surface area contributed by atoms with E-state index in [2.05, 4.69) is 65.1 Å². The molecule has 0 radical (unpaired) electrons. The number of likely N-dealkylation sites (tertiary alicyclic amines) is 1. The van der Waals surface area contributed by atoms with Gasteiger partial charge in [-0.15, -0.1) is 0 Å². The Morgan fingerprint density at radius 3 is 2.72 bits per heavy atom. The molecule has 1 fully saturated rings. The minimum atomic E-state index is 0.159. The van der Waals surface area contributed by atoms with Gasteiger partial charge in [0.25, 0.3) is 0 Å². The standard InChI is InChI=1S/C20H24N4O/c1-13(2)20-21-8-15(9-22-20)10-24-11-17-18(12-24)25-23-19(17)16-6-4-5-14(3)7-16/h4-9,13,17-18H,10-12H2,1-3H3/t17-,18-/m1/s1. The Morgan fingerprint density at radius 2 is 2.00 bits per heavy atom. The van der Waals surface area contributed by atoms with Crippen LogP contribution in [0.25, 0.3) is 0 Å². The molecule has 0 spiro atoms. The SMILES string of the molecule is Cc1cccc(C2=NO[C@@H]3CN(Cc4cnc(C(C)C)nc4)C[C@@H]23)c1. The highest BCUT2D eigenvalue weighted by atomic mass is 16.6. The van der Waals surface area contributed by atoms with Crippen molar-refractivity contribution in [1.29, 1.82) is 0 Å². The summed E-state index contributed by atoms with van der Waals surface area (Å²) in [6.07, 6.45) is 4.06. The molecule has 0 aliphatic carbocycles. The van der Waals surface area contributed by atoms with Crippen molar-refractivity contribution in [3.63, 3.8) is 0 Å². The van der Waals surface area contributed by atoms with Gasteiger partial charge in [0.1, 0.15) is 11.9 Å². The molecule has 2 atom stereocenters. The molecule has 2 aliphatic rings. The third kappa shape index (κ3) is 3.29. The Morgan fingerprint density at radius 1 is 1.20 bits per heavy atom. The number of oxime groups is 1. The van der Waals surface area contributed by atoms with Gasteiger partial charge in [-0.25, -0.2) is 9.97 Å². The van der Waals surface area contributed by atoms with Gasteiger partial charge in [0, 0.05) is 49.1 Å². The third-order valence-corrected chi connectivity index (χ3v) is 4.94. The number of fused-ring (bicyclic) bond motifs is 1. The second-order valence-electron chi connectivity index (χ2n) is 7.39. The highest BCUT2D eigenvalue weighted by Crippen LogP contribution is 2.31. The van der Waals surface area contributed by atoms with Crippen molar-refractivity contribution < 1.29 is 4.84 Å². The topological polar surface area (TPSA) is 50.6 Å². The summed E-state index contributed by atoms with van der Waals surface area (Å²) >= 11 is 0. The maximum Gasteiger partial charge on any atom is 0.149 e. The van der Waals surface area contributed by atoms with Gasteiger partial charge in [-0.1, -0.05) is 48.8 Å². The Balaban J connectivity index is 1.44. The summed E-state index contributed by atoms with van der Waals surface area (Å²) in [6, 6.07) is 8.50. The second-order valence-corrected chi connectivity index (χ2v) is 7.39. The Bertz CT molecular complexity index is 785. The van der Waals surface area contributed by atoms with Crippen LogP contribution in [0.15, 0.2) is 41.8 Å². The van der Waals surface area contributed by atoms with Crippen molar-refractivity contribution in [3.05, 3.63) is 59.2 Å². The van der Waals surface area contributed by atoms with Gasteiger partial charge in [-0.05, 0) is 6.92 Å². The Kier molecular flexibility index (Phi) is 4.25. The maximum absolute atomic E-state index is 5.72. The number of aromatic nitrogens is 2. The zero-order valence-corrected chi connectivity index (χ0v) is 15.0. The minimum absolute atomic E-state index is 0.159. The number of benzene rings is 1. The van der Waals surface area contributed by atoms with Crippen LogP contribution >= 0.6 is 0 Å². The maximum atomic E-state index is 5.72. The van der Waals surface area contributed by atoms with E-state index in [4.69, 9.17) is 4.84 Å². The molecular weight excluding hydrogens is 312 g/mol. The molecule has 5 nitrogen and oxygen atoms in total. The number of hydrogen-bond acceptors (Lipinski definition) is 5. The molecule has 0 saturated carbocycles. The fourth-order valence-corrected chi connectivity index (χ4v) is 3.62. The summed E-state index contributed by atoms with van der Waals surface area (Å²) in [5, 5.41) is 4.37. The molecule has 130 valence electrons. The zero-order chi connectivity index (χ0) is 17.4. The van der Waals surface area contributed by atoms with E-state index >= 15 is 0 Å². The van der Waals surface area contributed by atoms with E-state index in [1.807, 2.05) is 12.4 Å². The van der Waals surface area contributed by atoms with Crippen molar-refractivity contribution in [1.82, 2.24) is 14.9 Å².